The maximum absolute atomic E-state index is 5.70. The van der Waals surface area contributed by atoms with Gasteiger partial charge in [0, 0.05) is 31.5 Å². The summed E-state index contributed by atoms with van der Waals surface area (Å²) in [6.07, 6.45) is 10.7. The molecule has 200 valence electrons. The van der Waals surface area contributed by atoms with Gasteiger partial charge < -0.3 is 9.47 Å². The van der Waals surface area contributed by atoms with Crippen molar-refractivity contribution in [1.82, 2.24) is 9.78 Å². The van der Waals surface area contributed by atoms with E-state index in [4.69, 9.17) is 9.47 Å². The third-order valence-corrected chi connectivity index (χ3v) is 5.65. The Bertz CT molecular complexity index is 791. The monoisotopic (exact) mass is 486 g/mol. The first-order valence-electron chi connectivity index (χ1n) is 13.9. The summed E-state index contributed by atoms with van der Waals surface area (Å²) >= 11 is 0. The van der Waals surface area contributed by atoms with E-state index in [2.05, 4.69) is 70.7 Å². The molecule has 4 heteroatoms. The van der Waals surface area contributed by atoms with Crippen LogP contribution in [0.2, 0.25) is 0 Å². The number of benzene rings is 1. The summed E-state index contributed by atoms with van der Waals surface area (Å²) in [4.78, 5) is 0. The molecule has 1 aromatic heterocycles. The molecule has 35 heavy (non-hydrogen) atoms. The van der Waals surface area contributed by atoms with Crippen molar-refractivity contribution in [3.8, 4) is 0 Å². The van der Waals surface area contributed by atoms with Gasteiger partial charge in [0.15, 0.2) is 0 Å². The fraction of sp³-hybridized carbons (Fsp3) is 0.645. The summed E-state index contributed by atoms with van der Waals surface area (Å²) < 4.78 is 13.0. The number of rotatable bonds is 9. The Labute approximate surface area is 217 Å². The molecule has 2 heterocycles. The van der Waals surface area contributed by atoms with E-state index in [0.717, 1.165) is 43.9 Å². The van der Waals surface area contributed by atoms with Gasteiger partial charge in [0.1, 0.15) is 0 Å². The van der Waals surface area contributed by atoms with Crippen molar-refractivity contribution >= 4 is 5.57 Å². The topological polar surface area (TPSA) is 36.3 Å². The standard InChI is InChI=1S/C21H30N2O.C6H12O.2C2H6/c1-6-7-10-24-15-17(3)13-23-14-20(12-22-23)19(5)21-11-16(2)8-9-18(21)4;1-6-4-2-3-5-7-6;2*1-2/h8-9,11-12,14,17H,5-7,10,13,15H2,1-4H3;6H,2-5H2,1H3;2*1-2H3. The third-order valence-electron chi connectivity index (χ3n) is 5.65. The third kappa shape index (κ3) is 13.7. The van der Waals surface area contributed by atoms with Crippen molar-refractivity contribution < 1.29 is 9.47 Å². The highest BCUT2D eigenvalue weighted by Crippen LogP contribution is 2.25. The first kappa shape index (κ1) is 33.1. The quantitative estimate of drug-likeness (QED) is 0.333. The molecule has 2 unspecified atom stereocenters. The maximum atomic E-state index is 5.70. The molecule has 0 aliphatic carbocycles. The molecule has 0 bridgehead atoms. The molecule has 0 amide bonds. The van der Waals surface area contributed by atoms with Crippen LogP contribution in [-0.2, 0) is 16.0 Å². The number of unbranched alkanes of at least 4 members (excludes halogenated alkanes) is 1. The smallest absolute Gasteiger partial charge is 0.0568 e. The second kappa shape index (κ2) is 20.3. The van der Waals surface area contributed by atoms with Crippen LogP contribution in [-0.4, -0.2) is 35.7 Å². The van der Waals surface area contributed by atoms with Gasteiger partial charge in [-0.15, -0.1) is 0 Å². The van der Waals surface area contributed by atoms with Crippen LogP contribution >= 0.6 is 0 Å². The lowest BCUT2D eigenvalue weighted by Crippen LogP contribution is -2.14. The lowest BCUT2D eigenvalue weighted by molar-refractivity contribution is 0.0285. The minimum Gasteiger partial charge on any atom is -0.381 e. The first-order valence-corrected chi connectivity index (χ1v) is 13.9. The lowest BCUT2D eigenvalue weighted by atomic mass is 9.96. The molecule has 1 aliphatic rings. The number of hydrogen-bond acceptors (Lipinski definition) is 3. The molecule has 0 radical (unpaired) electrons. The van der Waals surface area contributed by atoms with Crippen molar-refractivity contribution in [3.05, 3.63) is 59.4 Å². The SMILES string of the molecule is C=C(c1cnn(CC(C)COCCCC)c1)c1cc(C)ccc1C.CC.CC.CC1CCCCO1. The van der Waals surface area contributed by atoms with Crippen LogP contribution < -0.4 is 0 Å². The average molecular weight is 487 g/mol. The number of aryl methyl sites for hydroxylation is 2. The second-order valence-electron chi connectivity index (χ2n) is 8.96. The van der Waals surface area contributed by atoms with Crippen LogP contribution in [0, 0.1) is 19.8 Å². The van der Waals surface area contributed by atoms with Crippen LogP contribution in [0.4, 0.5) is 0 Å². The Hall–Kier alpha value is -1.91. The zero-order valence-corrected chi connectivity index (χ0v) is 24.3. The molecule has 3 rings (SSSR count). The zero-order chi connectivity index (χ0) is 26.6. The maximum Gasteiger partial charge on any atom is 0.0568 e. The van der Waals surface area contributed by atoms with Crippen LogP contribution in [0.15, 0.2) is 37.2 Å². The molecule has 0 spiro atoms. The van der Waals surface area contributed by atoms with Gasteiger partial charge in [0.05, 0.1) is 18.9 Å². The fourth-order valence-corrected chi connectivity index (χ4v) is 3.64. The van der Waals surface area contributed by atoms with Crippen molar-refractivity contribution in [2.24, 2.45) is 5.92 Å². The van der Waals surface area contributed by atoms with Crippen LogP contribution in [0.1, 0.15) is 103 Å². The van der Waals surface area contributed by atoms with Gasteiger partial charge in [-0.25, -0.2) is 0 Å². The van der Waals surface area contributed by atoms with Crippen molar-refractivity contribution in [1.29, 1.82) is 0 Å². The van der Waals surface area contributed by atoms with Crippen molar-refractivity contribution in [3.63, 3.8) is 0 Å². The Kier molecular flexibility index (Phi) is 19.2. The van der Waals surface area contributed by atoms with E-state index in [-0.39, 0.29) is 0 Å². The molecule has 0 N–H and O–H groups in total. The van der Waals surface area contributed by atoms with E-state index in [9.17, 15) is 0 Å². The molecule has 2 atom stereocenters. The molecule has 1 aliphatic heterocycles. The summed E-state index contributed by atoms with van der Waals surface area (Å²) in [5.74, 6) is 0.448. The Balaban J connectivity index is 0.000000878. The minimum absolute atomic E-state index is 0.448. The predicted molar refractivity (Wildman–Crippen MR) is 153 cm³/mol. The minimum atomic E-state index is 0.448. The number of hydrogen-bond donors (Lipinski definition) is 0. The Morgan fingerprint density at radius 3 is 2.49 bits per heavy atom. The van der Waals surface area contributed by atoms with Crippen LogP contribution in [0.3, 0.4) is 0 Å². The molecule has 0 saturated carbocycles. The highest BCUT2D eigenvalue weighted by atomic mass is 16.5. The fourth-order valence-electron chi connectivity index (χ4n) is 3.64. The number of ether oxygens (including phenoxy) is 2. The van der Waals surface area contributed by atoms with Gasteiger partial charge in [0.25, 0.3) is 0 Å². The zero-order valence-electron chi connectivity index (χ0n) is 24.3. The summed E-state index contributed by atoms with van der Waals surface area (Å²) in [5.41, 5.74) is 5.82. The normalized spacial score (nSPS) is 15.4. The Morgan fingerprint density at radius 1 is 1.20 bits per heavy atom. The van der Waals surface area contributed by atoms with Crippen LogP contribution in [0.25, 0.3) is 5.57 Å². The van der Waals surface area contributed by atoms with Crippen LogP contribution in [0.5, 0.6) is 0 Å². The molecule has 2 aromatic rings. The summed E-state index contributed by atoms with van der Waals surface area (Å²) in [7, 11) is 0. The molecule has 1 aromatic carbocycles. The van der Waals surface area contributed by atoms with Gasteiger partial charge in [-0.1, -0.05) is 78.3 Å². The second-order valence-corrected chi connectivity index (χ2v) is 8.96. The van der Waals surface area contributed by atoms with E-state index < -0.39 is 0 Å². The largest absolute Gasteiger partial charge is 0.381 e. The Morgan fingerprint density at radius 2 is 1.91 bits per heavy atom. The highest BCUT2D eigenvalue weighted by Gasteiger charge is 2.10. The van der Waals surface area contributed by atoms with Gasteiger partial charge in [-0.05, 0) is 69.1 Å². The first-order chi connectivity index (χ1) is 16.9. The lowest BCUT2D eigenvalue weighted by Gasteiger charge is -2.17. The van der Waals surface area contributed by atoms with Crippen molar-refractivity contribution in [2.75, 3.05) is 19.8 Å². The van der Waals surface area contributed by atoms with E-state index in [1.165, 1.54) is 42.4 Å². The van der Waals surface area contributed by atoms with E-state index in [1.54, 1.807) is 0 Å². The van der Waals surface area contributed by atoms with Gasteiger partial charge >= 0.3 is 0 Å². The summed E-state index contributed by atoms with van der Waals surface area (Å²) in [6.45, 7) is 26.5. The van der Waals surface area contributed by atoms with Gasteiger partial charge in [-0.3, -0.25) is 4.68 Å². The van der Waals surface area contributed by atoms with E-state index in [0.29, 0.717) is 12.0 Å². The number of aromatic nitrogens is 2. The molecule has 1 saturated heterocycles. The summed E-state index contributed by atoms with van der Waals surface area (Å²) in [6, 6.07) is 6.48. The number of nitrogens with zero attached hydrogens (tertiary/aromatic N) is 2. The molecule has 1 fully saturated rings. The van der Waals surface area contributed by atoms with Gasteiger partial charge in [0.2, 0.25) is 0 Å². The molecular weight excluding hydrogens is 432 g/mol. The van der Waals surface area contributed by atoms with Gasteiger partial charge in [-0.2, -0.15) is 5.10 Å². The predicted octanol–water partition coefficient (Wildman–Crippen LogP) is 8.64. The molecular formula is C31H54N2O2. The average Bonchev–Trinajstić information content (AvgIpc) is 3.34. The molecule has 4 nitrogen and oxygen atoms in total. The van der Waals surface area contributed by atoms with E-state index >= 15 is 0 Å². The van der Waals surface area contributed by atoms with Crippen molar-refractivity contribution in [2.45, 2.75) is 107 Å². The summed E-state index contributed by atoms with van der Waals surface area (Å²) in [5, 5.41) is 4.50. The van der Waals surface area contributed by atoms with E-state index in [1.807, 2.05) is 38.6 Å². The highest BCUT2D eigenvalue weighted by molar-refractivity contribution is 5.79.